The fourth-order valence-electron chi connectivity index (χ4n) is 2.41. The summed E-state index contributed by atoms with van der Waals surface area (Å²) < 4.78 is 17.9. The Kier molecular flexibility index (Phi) is 4.70. The fourth-order valence-corrected chi connectivity index (χ4v) is 2.41. The van der Waals surface area contributed by atoms with Crippen LogP contribution < -0.4 is 19.5 Å². The summed E-state index contributed by atoms with van der Waals surface area (Å²) in [5, 5.41) is 7.54. The van der Waals surface area contributed by atoms with E-state index in [4.69, 9.17) is 14.2 Å². The molecule has 1 atom stereocenters. The van der Waals surface area contributed by atoms with Gasteiger partial charge in [-0.2, -0.15) is 5.10 Å². The summed E-state index contributed by atoms with van der Waals surface area (Å²) in [7, 11) is 8.69. The number of nitrogens with one attached hydrogen (secondary N) is 1. The van der Waals surface area contributed by atoms with Crippen molar-refractivity contribution in [2.24, 2.45) is 7.05 Å². The lowest BCUT2D eigenvalue weighted by atomic mass is 10.0. The molecule has 0 aliphatic carbocycles. The molecule has 0 saturated heterocycles. The Bertz CT molecular complexity index is 610. The molecule has 1 unspecified atom stereocenters. The number of aryl methyl sites for hydroxylation is 1. The molecule has 6 heteroatoms. The molecule has 114 valence electrons. The van der Waals surface area contributed by atoms with Crippen LogP contribution in [0.25, 0.3) is 0 Å². The van der Waals surface area contributed by atoms with E-state index in [1.54, 1.807) is 32.2 Å². The Labute approximate surface area is 124 Å². The lowest BCUT2D eigenvalue weighted by Gasteiger charge is -2.21. The minimum absolute atomic E-state index is 0.103. The van der Waals surface area contributed by atoms with Crippen molar-refractivity contribution < 1.29 is 14.2 Å². The molecule has 21 heavy (non-hydrogen) atoms. The highest BCUT2D eigenvalue weighted by Crippen LogP contribution is 2.36. The second-order valence-electron chi connectivity index (χ2n) is 4.55. The summed E-state index contributed by atoms with van der Waals surface area (Å²) in [5.74, 6) is 2.23. The topological polar surface area (TPSA) is 57.5 Å². The number of hydrogen-bond acceptors (Lipinski definition) is 5. The maximum Gasteiger partial charge on any atom is 0.161 e. The summed E-state index contributed by atoms with van der Waals surface area (Å²) in [6, 6.07) is 5.65. The highest BCUT2D eigenvalue weighted by atomic mass is 16.5. The van der Waals surface area contributed by atoms with Crippen molar-refractivity contribution in [2.45, 2.75) is 6.04 Å². The molecular weight excluding hydrogens is 270 g/mol. The van der Waals surface area contributed by atoms with Gasteiger partial charge < -0.3 is 19.5 Å². The van der Waals surface area contributed by atoms with Crippen LogP contribution in [0.15, 0.2) is 24.4 Å². The van der Waals surface area contributed by atoms with Crippen LogP contribution in [-0.4, -0.2) is 38.2 Å². The lowest BCUT2D eigenvalue weighted by molar-refractivity contribution is 0.383. The van der Waals surface area contributed by atoms with E-state index >= 15 is 0 Å². The van der Waals surface area contributed by atoms with Gasteiger partial charge in [0.05, 0.1) is 33.6 Å². The van der Waals surface area contributed by atoms with Crippen molar-refractivity contribution in [3.8, 4) is 17.2 Å². The average Bonchev–Trinajstić information content (AvgIpc) is 2.89. The van der Waals surface area contributed by atoms with Crippen molar-refractivity contribution in [1.29, 1.82) is 0 Å². The van der Waals surface area contributed by atoms with E-state index in [9.17, 15) is 0 Å². The molecule has 1 N–H and O–H groups in total. The van der Waals surface area contributed by atoms with E-state index in [0.717, 1.165) is 28.5 Å². The second-order valence-corrected chi connectivity index (χ2v) is 4.55. The van der Waals surface area contributed by atoms with Gasteiger partial charge in [-0.3, -0.25) is 4.68 Å². The van der Waals surface area contributed by atoms with Gasteiger partial charge in [-0.15, -0.1) is 0 Å². The van der Waals surface area contributed by atoms with E-state index in [2.05, 4.69) is 10.4 Å². The number of rotatable bonds is 6. The summed E-state index contributed by atoms with van der Waals surface area (Å²) >= 11 is 0. The summed E-state index contributed by atoms with van der Waals surface area (Å²) in [6.45, 7) is 0. The molecule has 1 aromatic heterocycles. The van der Waals surface area contributed by atoms with Crippen LogP contribution >= 0.6 is 0 Å². The number of hydrogen-bond donors (Lipinski definition) is 1. The molecular formula is C15H21N3O3. The van der Waals surface area contributed by atoms with Crippen LogP contribution in [0.2, 0.25) is 0 Å². The Morgan fingerprint density at radius 3 is 2.38 bits per heavy atom. The molecule has 1 aromatic carbocycles. The van der Waals surface area contributed by atoms with Crippen LogP contribution in [0.1, 0.15) is 17.3 Å². The first-order valence-corrected chi connectivity index (χ1v) is 6.61. The van der Waals surface area contributed by atoms with Gasteiger partial charge in [0.2, 0.25) is 0 Å². The quantitative estimate of drug-likeness (QED) is 0.879. The number of methoxy groups -OCH3 is 3. The van der Waals surface area contributed by atoms with Crippen LogP contribution in [0.5, 0.6) is 17.2 Å². The van der Waals surface area contributed by atoms with Gasteiger partial charge >= 0.3 is 0 Å². The zero-order valence-electron chi connectivity index (χ0n) is 13.0. The molecule has 0 aliphatic heterocycles. The van der Waals surface area contributed by atoms with Gasteiger partial charge in [-0.1, -0.05) is 0 Å². The third-order valence-electron chi connectivity index (χ3n) is 3.48. The Morgan fingerprint density at radius 1 is 1.10 bits per heavy atom. The van der Waals surface area contributed by atoms with E-state index in [1.807, 2.05) is 32.3 Å². The number of aromatic nitrogens is 2. The standard InChI is InChI=1S/C15H21N3O3/c1-16-14(15-13(21-5)9-17-18(15)2)11-7-6-10(19-3)8-12(11)20-4/h6-9,14,16H,1-5H3. The van der Waals surface area contributed by atoms with Gasteiger partial charge in [0.15, 0.2) is 5.75 Å². The predicted octanol–water partition coefficient (Wildman–Crippen LogP) is 1.75. The van der Waals surface area contributed by atoms with Gasteiger partial charge in [-0.05, 0) is 19.2 Å². The first-order chi connectivity index (χ1) is 10.2. The average molecular weight is 291 g/mol. The molecule has 0 fully saturated rings. The maximum absolute atomic E-state index is 5.49. The molecule has 0 radical (unpaired) electrons. The van der Waals surface area contributed by atoms with Crippen molar-refractivity contribution in [1.82, 2.24) is 15.1 Å². The fraction of sp³-hybridized carbons (Fsp3) is 0.400. The smallest absolute Gasteiger partial charge is 0.161 e. The van der Waals surface area contributed by atoms with Crippen LogP contribution in [0, 0.1) is 0 Å². The molecule has 0 amide bonds. The number of nitrogens with zero attached hydrogens (tertiary/aromatic N) is 2. The predicted molar refractivity (Wildman–Crippen MR) is 80.2 cm³/mol. The normalized spacial score (nSPS) is 12.0. The molecule has 0 aliphatic rings. The molecule has 0 saturated carbocycles. The highest BCUT2D eigenvalue weighted by Gasteiger charge is 2.24. The van der Waals surface area contributed by atoms with Gasteiger partial charge in [0.25, 0.3) is 0 Å². The zero-order valence-corrected chi connectivity index (χ0v) is 13.0. The molecule has 2 rings (SSSR count). The zero-order chi connectivity index (χ0) is 15.4. The minimum Gasteiger partial charge on any atom is -0.497 e. The SMILES string of the molecule is CNC(c1ccc(OC)cc1OC)c1c(OC)cnn1C. The molecule has 0 spiro atoms. The van der Waals surface area contributed by atoms with E-state index in [-0.39, 0.29) is 6.04 Å². The van der Waals surface area contributed by atoms with Crippen molar-refractivity contribution in [2.75, 3.05) is 28.4 Å². The summed E-state index contributed by atoms with van der Waals surface area (Å²) in [4.78, 5) is 0. The first kappa shape index (κ1) is 15.2. The third kappa shape index (κ3) is 2.80. The largest absolute Gasteiger partial charge is 0.497 e. The Balaban J connectivity index is 2.53. The highest BCUT2D eigenvalue weighted by molar-refractivity contribution is 5.47. The van der Waals surface area contributed by atoms with E-state index in [0.29, 0.717) is 0 Å². The van der Waals surface area contributed by atoms with E-state index in [1.165, 1.54) is 0 Å². The molecule has 6 nitrogen and oxygen atoms in total. The monoisotopic (exact) mass is 291 g/mol. The van der Waals surface area contributed by atoms with Gasteiger partial charge in [-0.25, -0.2) is 0 Å². The minimum atomic E-state index is -0.103. The summed E-state index contributed by atoms with van der Waals surface area (Å²) in [6.07, 6.45) is 1.70. The van der Waals surface area contributed by atoms with Crippen LogP contribution in [-0.2, 0) is 7.05 Å². The van der Waals surface area contributed by atoms with Gasteiger partial charge in [0, 0.05) is 18.7 Å². The molecule has 2 aromatic rings. The Hall–Kier alpha value is -2.21. The number of benzene rings is 1. The number of ether oxygens (including phenoxy) is 3. The summed E-state index contributed by atoms with van der Waals surface area (Å²) in [5.41, 5.74) is 1.92. The van der Waals surface area contributed by atoms with Crippen LogP contribution in [0.3, 0.4) is 0 Å². The molecule has 1 heterocycles. The van der Waals surface area contributed by atoms with Crippen molar-refractivity contribution >= 4 is 0 Å². The first-order valence-electron chi connectivity index (χ1n) is 6.61. The maximum atomic E-state index is 5.49. The van der Waals surface area contributed by atoms with Crippen molar-refractivity contribution in [3.63, 3.8) is 0 Å². The third-order valence-corrected chi connectivity index (χ3v) is 3.48. The lowest BCUT2D eigenvalue weighted by Crippen LogP contribution is -2.22. The van der Waals surface area contributed by atoms with E-state index < -0.39 is 0 Å². The van der Waals surface area contributed by atoms with Gasteiger partial charge in [0.1, 0.15) is 17.2 Å². The van der Waals surface area contributed by atoms with Crippen LogP contribution in [0.4, 0.5) is 0 Å². The molecule has 0 bridgehead atoms. The Morgan fingerprint density at radius 2 is 1.81 bits per heavy atom. The van der Waals surface area contributed by atoms with Crippen molar-refractivity contribution in [3.05, 3.63) is 35.7 Å². The second kappa shape index (κ2) is 6.49.